The van der Waals surface area contributed by atoms with E-state index in [0.717, 1.165) is 12.1 Å². The highest BCUT2D eigenvalue weighted by atomic mass is 19.2. The van der Waals surface area contributed by atoms with Crippen LogP contribution in [0.2, 0.25) is 0 Å². The summed E-state index contributed by atoms with van der Waals surface area (Å²) in [5.41, 5.74) is 0.644. The van der Waals surface area contributed by atoms with E-state index in [1.54, 1.807) is 6.92 Å². The normalized spacial score (nSPS) is 10.3. The number of benzene rings is 1. The van der Waals surface area contributed by atoms with Crippen molar-refractivity contribution in [1.29, 1.82) is 0 Å². The van der Waals surface area contributed by atoms with Crippen molar-refractivity contribution in [1.82, 2.24) is 5.32 Å². The van der Waals surface area contributed by atoms with Gasteiger partial charge in [-0.1, -0.05) is 13.0 Å². The van der Waals surface area contributed by atoms with Gasteiger partial charge in [-0.15, -0.1) is 0 Å². The highest BCUT2D eigenvalue weighted by Gasteiger charge is 2.02. The van der Waals surface area contributed by atoms with Crippen molar-refractivity contribution in [3.05, 3.63) is 35.4 Å². The van der Waals surface area contributed by atoms with Crippen LogP contribution in [0.4, 0.5) is 8.78 Å². The van der Waals surface area contributed by atoms with Gasteiger partial charge < -0.3 is 10.1 Å². The van der Waals surface area contributed by atoms with Crippen molar-refractivity contribution >= 4 is 5.97 Å². The van der Waals surface area contributed by atoms with Gasteiger partial charge in [0.05, 0.1) is 0 Å². The minimum absolute atomic E-state index is 0.250. The first-order chi connectivity index (χ1) is 8.13. The monoisotopic (exact) mass is 243 g/mol. The molecule has 17 heavy (non-hydrogen) atoms. The van der Waals surface area contributed by atoms with Crippen molar-refractivity contribution in [2.75, 3.05) is 13.2 Å². The summed E-state index contributed by atoms with van der Waals surface area (Å²) in [5.74, 6) is -1.97. The van der Waals surface area contributed by atoms with Gasteiger partial charge in [0.15, 0.2) is 11.6 Å². The lowest BCUT2D eigenvalue weighted by atomic mass is 10.2. The lowest BCUT2D eigenvalue weighted by molar-refractivity contribution is -0.143. The number of rotatable bonds is 6. The van der Waals surface area contributed by atoms with E-state index in [-0.39, 0.29) is 12.6 Å². The van der Waals surface area contributed by atoms with Crippen LogP contribution in [0.3, 0.4) is 0 Å². The van der Waals surface area contributed by atoms with Crippen LogP contribution in [0.15, 0.2) is 18.2 Å². The maximum absolute atomic E-state index is 12.8. The van der Waals surface area contributed by atoms with E-state index in [1.165, 1.54) is 6.07 Å². The summed E-state index contributed by atoms with van der Waals surface area (Å²) in [7, 11) is 0. The lowest BCUT2D eigenvalue weighted by Crippen LogP contribution is -2.20. The van der Waals surface area contributed by atoms with Gasteiger partial charge >= 0.3 is 5.97 Å². The first-order valence-corrected chi connectivity index (χ1v) is 5.43. The van der Waals surface area contributed by atoms with E-state index < -0.39 is 11.6 Å². The molecule has 0 aliphatic heterocycles. The number of nitrogens with one attached hydrogen (secondary N) is 1. The molecule has 0 radical (unpaired) electrons. The molecule has 1 aromatic rings. The molecule has 0 bridgehead atoms. The summed E-state index contributed by atoms with van der Waals surface area (Å²) in [6.07, 6.45) is 0.350. The Balaban J connectivity index is 2.22. The molecule has 0 aliphatic carbocycles. The summed E-state index contributed by atoms with van der Waals surface area (Å²) in [6.45, 7) is 2.87. The van der Waals surface area contributed by atoms with E-state index in [9.17, 15) is 13.6 Å². The third-order valence-corrected chi connectivity index (χ3v) is 2.14. The number of carbonyl (C=O) groups is 1. The molecule has 1 aromatic carbocycles. The van der Waals surface area contributed by atoms with Gasteiger partial charge in [-0.25, -0.2) is 8.78 Å². The van der Waals surface area contributed by atoms with Gasteiger partial charge in [-0.05, 0) is 17.7 Å². The third kappa shape index (κ3) is 4.91. The average molecular weight is 243 g/mol. The molecule has 0 amide bonds. The Labute approximate surface area is 98.8 Å². The first-order valence-electron chi connectivity index (χ1n) is 5.43. The molecule has 94 valence electrons. The highest BCUT2D eigenvalue weighted by molar-refractivity contribution is 5.68. The fraction of sp³-hybridized carbons (Fsp3) is 0.417. The van der Waals surface area contributed by atoms with E-state index >= 15 is 0 Å². The van der Waals surface area contributed by atoms with E-state index in [1.807, 2.05) is 0 Å². The number of hydrogen-bond donors (Lipinski definition) is 1. The van der Waals surface area contributed by atoms with Crippen LogP contribution in [0.25, 0.3) is 0 Å². The van der Waals surface area contributed by atoms with Crippen LogP contribution in [-0.4, -0.2) is 19.1 Å². The van der Waals surface area contributed by atoms with Gasteiger partial charge in [0.1, 0.15) is 6.61 Å². The van der Waals surface area contributed by atoms with Gasteiger partial charge in [-0.3, -0.25) is 4.79 Å². The molecule has 0 aromatic heterocycles. The fourth-order valence-electron chi connectivity index (χ4n) is 1.22. The van der Waals surface area contributed by atoms with E-state index in [0.29, 0.717) is 25.1 Å². The van der Waals surface area contributed by atoms with Crippen LogP contribution in [0.5, 0.6) is 0 Å². The molecule has 0 saturated heterocycles. The van der Waals surface area contributed by atoms with Gasteiger partial charge in [0.25, 0.3) is 0 Å². The Kier molecular flexibility index (Phi) is 5.56. The van der Waals surface area contributed by atoms with Gasteiger partial charge in [0.2, 0.25) is 0 Å². The summed E-state index contributed by atoms with van der Waals surface area (Å²) in [6, 6.07) is 3.73. The summed E-state index contributed by atoms with van der Waals surface area (Å²) < 4.78 is 30.3. The molecule has 0 heterocycles. The van der Waals surface area contributed by atoms with E-state index in [4.69, 9.17) is 4.74 Å². The molecular formula is C12H15F2NO2. The van der Waals surface area contributed by atoms with Crippen molar-refractivity contribution in [3.8, 4) is 0 Å². The molecular weight excluding hydrogens is 228 g/mol. The van der Waals surface area contributed by atoms with Crippen molar-refractivity contribution in [2.45, 2.75) is 19.9 Å². The molecule has 5 heteroatoms. The zero-order valence-electron chi connectivity index (χ0n) is 9.63. The Morgan fingerprint density at radius 2 is 2.12 bits per heavy atom. The number of ether oxygens (including phenoxy) is 1. The zero-order chi connectivity index (χ0) is 12.7. The largest absolute Gasteiger partial charge is 0.464 e. The minimum atomic E-state index is -0.860. The lowest BCUT2D eigenvalue weighted by Gasteiger charge is -2.06. The van der Waals surface area contributed by atoms with Crippen molar-refractivity contribution < 1.29 is 18.3 Å². The average Bonchev–Trinajstić information content (AvgIpc) is 2.33. The van der Waals surface area contributed by atoms with Gasteiger partial charge in [0, 0.05) is 19.5 Å². The summed E-state index contributed by atoms with van der Waals surface area (Å²) in [5, 5.41) is 2.96. The summed E-state index contributed by atoms with van der Waals surface area (Å²) in [4.78, 5) is 10.8. The van der Waals surface area contributed by atoms with Crippen molar-refractivity contribution in [2.24, 2.45) is 0 Å². The topological polar surface area (TPSA) is 38.3 Å². The Hall–Kier alpha value is -1.49. The Morgan fingerprint density at radius 3 is 2.76 bits per heavy atom. The molecule has 1 rings (SSSR count). The van der Waals surface area contributed by atoms with Crippen LogP contribution >= 0.6 is 0 Å². The smallest absolute Gasteiger partial charge is 0.305 e. The second-order valence-corrected chi connectivity index (χ2v) is 3.50. The second kappa shape index (κ2) is 6.96. The number of esters is 1. The molecule has 0 fully saturated rings. The van der Waals surface area contributed by atoms with Crippen LogP contribution in [0, 0.1) is 11.6 Å². The Morgan fingerprint density at radius 1 is 1.35 bits per heavy atom. The van der Waals surface area contributed by atoms with Gasteiger partial charge in [-0.2, -0.15) is 0 Å². The molecule has 0 atom stereocenters. The number of hydrogen-bond acceptors (Lipinski definition) is 3. The molecule has 0 unspecified atom stereocenters. The maximum atomic E-state index is 12.8. The Bertz CT molecular complexity index is 383. The second-order valence-electron chi connectivity index (χ2n) is 3.50. The van der Waals surface area contributed by atoms with Crippen molar-refractivity contribution in [3.63, 3.8) is 0 Å². The molecule has 0 aliphatic rings. The highest BCUT2D eigenvalue weighted by Crippen LogP contribution is 2.08. The SMILES string of the molecule is CCC(=O)OCCNCc1ccc(F)c(F)c1. The first kappa shape index (κ1) is 13.6. The maximum Gasteiger partial charge on any atom is 0.305 e. The van der Waals surface area contributed by atoms with Crippen LogP contribution < -0.4 is 5.32 Å². The number of halogens is 2. The molecule has 0 saturated carbocycles. The molecule has 3 nitrogen and oxygen atoms in total. The minimum Gasteiger partial charge on any atom is -0.464 e. The predicted octanol–water partition coefficient (Wildman–Crippen LogP) is 2.01. The standard InChI is InChI=1S/C12H15F2NO2/c1-2-12(16)17-6-5-15-8-9-3-4-10(13)11(14)7-9/h3-4,7,15H,2,5-6,8H2,1H3. The van der Waals surface area contributed by atoms with Crippen LogP contribution in [-0.2, 0) is 16.1 Å². The van der Waals surface area contributed by atoms with Crippen LogP contribution in [0.1, 0.15) is 18.9 Å². The fourth-order valence-corrected chi connectivity index (χ4v) is 1.22. The molecule has 1 N–H and O–H groups in total. The number of carbonyl (C=O) groups excluding carboxylic acids is 1. The molecule has 0 spiro atoms. The third-order valence-electron chi connectivity index (χ3n) is 2.14. The predicted molar refractivity (Wildman–Crippen MR) is 59.3 cm³/mol. The zero-order valence-corrected chi connectivity index (χ0v) is 9.63. The van der Waals surface area contributed by atoms with E-state index in [2.05, 4.69) is 5.32 Å². The summed E-state index contributed by atoms with van der Waals surface area (Å²) >= 11 is 0. The quantitative estimate of drug-likeness (QED) is 0.613.